The molecule has 0 unspecified atom stereocenters. The van der Waals surface area contributed by atoms with Crippen molar-refractivity contribution in [1.29, 1.82) is 0 Å². The van der Waals surface area contributed by atoms with E-state index in [0.29, 0.717) is 30.0 Å². The van der Waals surface area contributed by atoms with Crippen LogP contribution in [0.15, 0.2) is 63.8 Å². The lowest BCUT2D eigenvalue weighted by Gasteiger charge is -2.16. The molecule has 0 bridgehead atoms. The van der Waals surface area contributed by atoms with Crippen LogP contribution >= 0.6 is 11.3 Å². The Morgan fingerprint density at radius 1 is 1.14 bits per heavy atom. The van der Waals surface area contributed by atoms with E-state index in [1.54, 1.807) is 10.6 Å². The highest BCUT2D eigenvalue weighted by atomic mass is 32.1. The first kappa shape index (κ1) is 17.8. The fourth-order valence-corrected chi connectivity index (χ4v) is 4.58. The zero-order valence-corrected chi connectivity index (χ0v) is 16.2. The van der Waals surface area contributed by atoms with Crippen molar-refractivity contribution in [3.8, 4) is 16.2 Å². The Balaban J connectivity index is 1.24. The summed E-state index contributed by atoms with van der Waals surface area (Å²) in [4.78, 5) is 26.1. The molecule has 0 radical (unpaired) electrons. The minimum absolute atomic E-state index is 0.223. The van der Waals surface area contributed by atoms with Crippen LogP contribution in [0.3, 0.4) is 0 Å². The van der Waals surface area contributed by atoms with E-state index in [0.717, 1.165) is 27.3 Å². The van der Waals surface area contributed by atoms with Gasteiger partial charge in [0.1, 0.15) is 17.2 Å². The van der Waals surface area contributed by atoms with Gasteiger partial charge in [0.2, 0.25) is 0 Å². The van der Waals surface area contributed by atoms with E-state index < -0.39 is 5.76 Å². The molecule has 4 aromatic rings. The van der Waals surface area contributed by atoms with Gasteiger partial charge >= 0.3 is 11.7 Å². The van der Waals surface area contributed by atoms with Gasteiger partial charge in [-0.2, -0.15) is 0 Å². The standard InChI is InChI=1S/C22H17NO5S/c24-21(19-12-14-13-27-17-8-3-1-6-15(17)20(14)29-19)26-11-5-10-23-16-7-2-4-9-18(16)28-22(23)25/h1-4,6-9,12H,5,10-11,13H2. The van der Waals surface area contributed by atoms with Crippen LogP contribution in [0.25, 0.3) is 21.5 Å². The first-order chi connectivity index (χ1) is 14.2. The van der Waals surface area contributed by atoms with Gasteiger partial charge in [0.25, 0.3) is 0 Å². The van der Waals surface area contributed by atoms with E-state index in [2.05, 4.69) is 0 Å². The molecule has 0 fully saturated rings. The molecule has 0 spiro atoms. The van der Waals surface area contributed by atoms with Crippen molar-refractivity contribution >= 4 is 28.4 Å². The normalized spacial score (nSPS) is 12.3. The number of oxazole rings is 1. The summed E-state index contributed by atoms with van der Waals surface area (Å²) >= 11 is 1.42. The molecular weight excluding hydrogens is 390 g/mol. The maximum absolute atomic E-state index is 12.5. The average Bonchev–Trinajstić information content (AvgIpc) is 3.32. The Labute approximate surface area is 169 Å². The van der Waals surface area contributed by atoms with Crippen LogP contribution in [0.5, 0.6) is 5.75 Å². The summed E-state index contributed by atoms with van der Waals surface area (Å²) in [6.45, 7) is 1.10. The van der Waals surface area contributed by atoms with Gasteiger partial charge < -0.3 is 13.9 Å². The van der Waals surface area contributed by atoms with E-state index in [1.807, 2.05) is 48.5 Å². The van der Waals surface area contributed by atoms with Gasteiger partial charge in [0.05, 0.1) is 12.1 Å². The second-order valence-corrected chi connectivity index (χ2v) is 7.78. The van der Waals surface area contributed by atoms with Crippen molar-refractivity contribution in [2.45, 2.75) is 19.6 Å². The van der Waals surface area contributed by atoms with Crippen molar-refractivity contribution in [1.82, 2.24) is 4.57 Å². The Morgan fingerprint density at radius 2 is 1.97 bits per heavy atom. The van der Waals surface area contributed by atoms with Crippen LogP contribution in [-0.4, -0.2) is 17.1 Å². The van der Waals surface area contributed by atoms with Gasteiger partial charge in [-0.3, -0.25) is 4.57 Å². The number of rotatable bonds is 5. The first-order valence-corrected chi connectivity index (χ1v) is 10.1. The Bertz CT molecular complexity index is 1270. The van der Waals surface area contributed by atoms with Crippen molar-refractivity contribution in [3.63, 3.8) is 0 Å². The first-order valence-electron chi connectivity index (χ1n) is 9.31. The fourth-order valence-electron chi connectivity index (χ4n) is 3.48. The third-order valence-corrected chi connectivity index (χ3v) is 6.05. The number of thiophene rings is 1. The molecule has 0 saturated carbocycles. The number of aryl methyl sites for hydroxylation is 1. The molecule has 3 heterocycles. The maximum atomic E-state index is 12.5. The maximum Gasteiger partial charge on any atom is 0.419 e. The molecule has 2 aromatic carbocycles. The Hall–Kier alpha value is -3.32. The molecule has 6 nitrogen and oxygen atoms in total. The quantitative estimate of drug-likeness (QED) is 0.361. The van der Waals surface area contributed by atoms with E-state index in [9.17, 15) is 9.59 Å². The highest BCUT2D eigenvalue weighted by Gasteiger charge is 2.23. The molecule has 0 saturated heterocycles. The number of carbonyl (C=O) groups excluding carboxylic acids is 1. The van der Waals surface area contributed by atoms with Gasteiger partial charge in [0.15, 0.2) is 5.58 Å². The third-order valence-electron chi connectivity index (χ3n) is 4.86. The number of carbonyl (C=O) groups is 1. The average molecular weight is 407 g/mol. The predicted octanol–water partition coefficient (Wildman–Crippen LogP) is 4.46. The predicted molar refractivity (Wildman–Crippen MR) is 109 cm³/mol. The zero-order valence-electron chi connectivity index (χ0n) is 15.4. The van der Waals surface area contributed by atoms with Crippen molar-refractivity contribution in [2.75, 3.05) is 6.61 Å². The van der Waals surface area contributed by atoms with Crippen LogP contribution in [0.2, 0.25) is 0 Å². The largest absolute Gasteiger partial charge is 0.488 e. The molecule has 0 atom stereocenters. The molecule has 7 heteroatoms. The van der Waals surface area contributed by atoms with E-state index in [4.69, 9.17) is 13.9 Å². The smallest absolute Gasteiger partial charge is 0.419 e. The molecule has 0 amide bonds. The Kier molecular flexibility index (Phi) is 4.44. The van der Waals surface area contributed by atoms with Crippen LogP contribution in [0.1, 0.15) is 21.7 Å². The highest BCUT2D eigenvalue weighted by molar-refractivity contribution is 7.17. The molecule has 2 aromatic heterocycles. The third kappa shape index (κ3) is 3.23. The molecule has 0 aliphatic carbocycles. The second-order valence-electron chi connectivity index (χ2n) is 6.73. The number of hydrogen-bond donors (Lipinski definition) is 0. The van der Waals surface area contributed by atoms with Crippen LogP contribution in [-0.2, 0) is 17.9 Å². The Morgan fingerprint density at radius 3 is 2.90 bits per heavy atom. The van der Waals surface area contributed by atoms with Crippen LogP contribution < -0.4 is 10.5 Å². The molecule has 29 heavy (non-hydrogen) atoms. The van der Waals surface area contributed by atoms with Crippen molar-refractivity contribution < 1.29 is 18.7 Å². The topological polar surface area (TPSA) is 70.7 Å². The molecule has 0 N–H and O–H groups in total. The molecule has 1 aliphatic rings. The van der Waals surface area contributed by atoms with E-state index in [-0.39, 0.29) is 12.6 Å². The number of benzene rings is 2. The lowest BCUT2D eigenvalue weighted by atomic mass is 10.1. The lowest BCUT2D eigenvalue weighted by Crippen LogP contribution is -2.16. The zero-order chi connectivity index (χ0) is 19.8. The van der Waals surface area contributed by atoms with Gasteiger partial charge in [0, 0.05) is 22.5 Å². The number of aromatic nitrogens is 1. The summed E-state index contributed by atoms with van der Waals surface area (Å²) in [6, 6.07) is 16.9. The molecular formula is C22H17NO5S. The van der Waals surface area contributed by atoms with Crippen molar-refractivity contribution in [3.05, 3.63) is 75.6 Å². The molecule has 5 rings (SSSR count). The highest BCUT2D eigenvalue weighted by Crippen LogP contribution is 2.42. The van der Waals surface area contributed by atoms with Gasteiger partial charge in [-0.25, -0.2) is 9.59 Å². The number of nitrogens with zero attached hydrogens (tertiary/aromatic N) is 1. The van der Waals surface area contributed by atoms with E-state index >= 15 is 0 Å². The summed E-state index contributed by atoms with van der Waals surface area (Å²) in [6.07, 6.45) is 0.520. The van der Waals surface area contributed by atoms with Gasteiger partial charge in [-0.15, -0.1) is 11.3 Å². The number of esters is 1. The fraction of sp³-hybridized carbons (Fsp3) is 0.182. The lowest BCUT2D eigenvalue weighted by molar-refractivity contribution is 0.0501. The van der Waals surface area contributed by atoms with E-state index in [1.165, 1.54) is 11.3 Å². The summed E-state index contributed by atoms with van der Waals surface area (Å²) in [5, 5.41) is 0. The van der Waals surface area contributed by atoms with Crippen molar-refractivity contribution in [2.24, 2.45) is 0 Å². The summed E-state index contributed by atoms with van der Waals surface area (Å²) in [7, 11) is 0. The number of para-hydroxylation sites is 3. The van der Waals surface area contributed by atoms with Crippen LogP contribution in [0, 0.1) is 0 Å². The second kappa shape index (κ2) is 7.25. The minimum atomic E-state index is -0.401. The number of ether oxygens (including phenoxy) is 2. The monoisotopic (exact) mass is 407 g/mol. The number of fused-ring (bicyclic) bond motifs is 4. The summed E-state index contributed by atoms with van der Waals surface area (Å²) in [5.41, 5.74) is 3.30. The van der Waals surface area contributed by atoms with Crippen LogP contribution in [0.4, 0.5) is 0 Å². The van der Waals surface area contributed by atoms with Gasteiger partial charge in [-0.1, -0.05) is 24.3 Å². The number of hydrogen-bond acceptors (Lipinski definition) is 6. The molecule has 146 valence electrons. The SMILES string of the molecule is O=C(OCCCn1c(=O)oc2ccccc21)c1cc2c(s1)-c1ccccc1OC2. The van der Waals surface area contributed by atoms with Gasteiger partial charge in [-0.05, 0) is 36.8 Å². The summed E-state index contributed by atoms with van der Waals surface area (Å²) in [5.74, 6) is 0.0768. The molecule has 1 aliphatic heterocycles. The minimum Gasteiger partial charge on any atom is -0.488 e. The summed E-state index contributed by atoms with van der Waals surface area (Å²) < 4.78 is 17.9.